The molecule has 2 nitrogen and oxygen atoms in total. The first-order valence-corrected chi connectivity index (χ1v) is 8.04. The van der Waals surface area contributed by atoms with Gasteiger partial charge in [-0.05, 0) is 22.6 Å². The van der Waals surface area contributed by atoms with E-state index in [9.17, 15) is 0 Å². The molecular formula is C17H23NOS. The Morgan fingerprint density at radius 2 is 1.90 bits per heavy atom. The van der Waals surface area contributed by atoms with Gasteiger partial charge < -0.3 is 10.1 Å². The lowest BCUT2D eigenvalue weighted by molar-refractivity contribution is 0.123. The first-order valence-electron chi connectivity index (χ1n) is 7.16. The van der Waals surface area contributed by atoms with Gasteiger partial charge in [0.05, 0.1) is 13.2 Å². The summed E-state index contributed by atoms with van der Waals surface area (Å²) in [5.41, 5.74) is 2.61. The highest BCUT2D eigenvalue weighted by atomic mass is 32.1. The van der Waals surface area contributed by atoms with Crippen molar-refractivity contribution in [1.82, 2.24) is 5.32 Å². The molecule has 2 aromatic rings. The number of rotatable bonds is 8. The summed E-state index contributed by atoms with van der Waals surface area (Å²) in [7, 11) is 0. The minimum atomic E-state index is 0.503. The van der Waals surface area contributed by atoms with Gasteiger partial charge in [0.15, 0.2) is 0 Å². The third kappa shape index (κ3) is 5.08. The first kappa shape index (κ1) is 15.2. The fourth-order valence-corrected chi connectivity index (χ4v) is 2.68. The van der Waals surface area contributed by atoms with E-state index in [2.05, 4.69) is 60.9 Å². The normalized spacial score (nSPS) is 11.2. The maximum atomic E-state index is 5.82. The van der Waals surface area contributed by atoms with Crippen LogP contribution in [0.3, 0.4) is 0 Å². The quantitative estimate of drug-likeness (QED) is 0.742. The van der Waals surface area contributed by atoms with Crippen LogP contribution in [0.25, 0.3) is 0 Å². The molecule has 0 fully saturated rings. The van der Waals surface area contributed by atoms with E-state index in [0.717, 1.165) is 19.6 Å². The van der Waals surface area contributed by atoms with E-state index in [4.69, 9.17) is 4.74 Å². The SMILES string of the molecule is CC(C)NCc1ccccc1COCCc1cccs1. The number of hydrogen-bond donors (Lipinski definition) is 1. The van der Waals surface area contributed by atoms with Crippen LogP contribution in [0.15, 0.2) is 41.8 Å². The Morgan fingerprint density at radius 3 is 2.60 bits per heavy atom. The van der Waals surface area contributed by atoms with Crippen molar-refractivity contribution in [2.24, 2.45) is 0 Å². The summed E-state index contributed by atoms with van der Waals surface area (Å²) >= 11 is 1.79. The summed E-state index contributed by atoms with van der Waals surface area (Å²) in [4.78, 5) is 1.39. The Morgan fingerprint density at radius 1 is 1.10 bits per heavy atom. The Hall–Kier alpha value is -1.16. The van der Waals surface area contributed by atoms with Crippen molar-refractivity contribution in [3.05, 3.63) is 57.8 Å². The molecule has 1 heterocycles. The fraction of sp³-hybridized carbons (Fsp3) is 0.412. The monoisotopic (exact) mass is 289 g/mol. The summed E-state index contributed by atoms with van der Waals surface area (Å²) in [5, 5.41) is 5.57. The molecule has 0 saturated carbocycles. The van der Waals surface area contributed by atoms with Crippen LogP contribution in [0.4, 0.5) is 0 Å². The van der Waals surface area contributed by atoms with E-state index < -0.39 is 0 Å². The molecule has 1 aromatic heterocycles. The van der Waals surface area contributed by atoms with Crippen molar-refractivity contribution in [2.75, 3.05) is 6.61 Å². The summed E-state index contributed by atoms with van der Waals surface area (Å²) in [5.74, 6) is 0. The molecule has 20 heavy (non-hydrogen) atoms. The largest absolute Gasteiger partial charge is 0.376 e. The van der Waals surface area contributed by atoms with E-state index in [1.165, 1.54) is 16.0 Å². The van der Waals surface area contributed by atoms with Crippen LogP contribution < -0.4 is 5.32 Å². The average Bonchev–Trinajstić information content (AvgIpc) is 2.95. The van der Waals surface area contributed by atoms with Gasteiger partial charge >= 0.3 is 0 Å². The van der Waals surface area contributed by atoms with Crippen LogP contribution in [0.5, 0.6) is 0 Å². The number of nitrogens with one attached hydrogen (secondary N) is 1. The highest BCUT2D eigenvalue weighted by Gasteiger charge is 2.03. The topological polar surface area (TPSA) is 21.3 Å². The molecular weight excluding hydrogens is 266 g/mol. The summed E-state index contributed by atoms with van der Waals surface area (Å²) in [6.07, 6.45) is 1.00. The molecule has 0 radical (unpaired) electrons. The second kappa shape index (κ2) is 8.20. The van der Waals surface area contributed by atoms with Gasteiger partial charge in [0.1, 0.15) is 0 Å². The van der Waals surface area contributed by atoms with Gasteiger partial charge in [-0.25, -0.2) is 0 Å². The van der Waals surface area contributed by atoms with Gasteiger partial charge in [-0.2, -0.15) is 0 Å². The van der Waals surface area contributed by atoms with Gasteiger partial charge in [0.25, 0.3) is 0 Å². The summed E-state index contributed by atoms with van der Waals surface area (Å²) in [6.45, 7) is 6.72. The predicted octanol–water partition coefficient (Wildman–Crippen LogP) is 4.01. The van der Waals surface area contributed by atoms with Crippen molar-refractivity contribution >= 4 is 11.3 Å². The molecule has 0 saturated heterocycles. The molecule has 0 unspecified atom stereocenters. The molecule has 3 heteroatoms. The fourth-order valence-electron chi connectivity index (χ4n) is 1.99. The van der Waals surface area contributed by atoms with E-state index in [1.807, 2.05) is 0 Å². The van der Waals surface area contributed by atoms with Crippen LogP contribution >= 0.6 is 11.3 Å². The summed E-state index contributed by atoms with van der Waals surface area (Å²) < 4.78 is 5.82. The standard InChI is InChI=1S/C17H23NOS/c1-14(2)18-12-15-6-3-4-7-16(15)13-19-10-9-17-8-5-11-20-17/h3-8,11,14,18H,9-10,12-13H2,1-2H3. The molecule has 1 aromatic carbocycles. The van der Waals surface area contributed by atoms with Gasteiger partial charge in [-0.1, -0.05) is 44.2 Å². The zero-order chi connectivity index (χ0) is 14.2. The number of ether oxygens (including phenoxy) is 1. The molecule has 0 spiro atoms. The van der Waals surface area contributed by atoms with Crippen molar-refractivity contribution in [3.63, 3.8) is 0 Å². The predicted molar refractivity (Wildman–Crippen MR) is 86.1 cm³/mol. The summed E-state index contributed by atoms with van der Waals surface area (Å²) in [6, 6.07) is 13.3. The molecule has 108 valence electrons. The Bertz CT molecular complexity index is 493. The van der Waals surface area contributed by atoms with Crippen LogP contribution in [0.2, 0.25) is 0 Å². The van der Waals surface area contributed by atoms with Crippen molar-refractivity contribution in [3.8, 4) is 0 Å². The molecule has 0 aliphatic carbocycles. The van der Waals surface area contributed by atoms with E-state index >= 15 is 0 Å². The third-order valence-electron chi connectivity index (χ3n) is 3.15. The van der Waals surface area contributed by atoms with Crippen LogP contribution in [-0.2, 0) is 24.3 Å². The second-order valence-corrected chi connectivity index (χ2v) is 6.22. The molecule has 1 N–H and O–H groups in total. The van der Waals surface area contributed by atoms with Crippen molar-refractivity contribution in [1.29, 1.82) is 0 Å². The zero-order valence-corrected chi connectivity index (χ0v) is 13.1. The van der Waals surface area contributed by atoms with Crippen molar-refractivity contribution < 1.29 is 4.74 Å². The molecule has 2 rings (SSSR count). The second-order valence-electron chi connectivity index (χ2n) is 5.19. The maximum Gasteiger partial charge on any atom is 0.0720 e. The van der Waals surface area contributed by atoms with Crippen LogP contribution in [0.1, 0.15) is 29.9 Å². The maximum absolute atomic E-state index is 5.82. The highest BCUT2D eigenvalue weighted by Crippen LogP contribution is 2.12. The molecule has 0 aliphatic rings. The third-order valence-corrected chi connectivity index (χ3v) is 4.09. The van der Waals surface area contributed by atoms with E-state index in [0.29, 0.717) is 12.6 Å². The lowest BCUT2D eigenvalue weighted by Gasteiger charge is -2.12. The lowest BCUT2D eigenvalue weighted by atomic mass is 10.1. The lowest BCUT2D eigenvalue weighted by Crippen LogP contribution is -2.22. The van der Waals surface area contributed by atoms with Crippen LogP contribution in [0, 0.1) is 0 Å². The minimum absolute atomic E-state index is 0.503. The number of thiophene rings is 1. The Labute approximate surface area is 125 Å². The molecule has 0 amide bonds. The minimum Gasteiger partial charge on any atom is -0.376 e. The number of benzene rings is 1. The zero-order valence-electron chi connectivity index (χ0n) is 12.3. The Kier molecular flexibility index (Phi) is 6.25. The van der Waals surface area contributed by atoms with Gasteiger partial charge in [0, 0.05) is 23.9 Å². The molecule has 0 bridgehead atoms. The molecule has 0 atom stereocenters. The van der Waals surface area contributed by atoms with Crippen LogP contribution in [-0.4, -0.2) is 12.6 Å². The van der Waals surface area contributed by atoms with E-state index in [1.54, 1.807) is 11.3 Å². The van der Waals surface area contributed by atoms with Crippen molar-refractivity contribution in [2.45, 2.75) is 39.5 Å². The Balaban J connectivity index is 1.79. The van der Waals surface area contributed by atoms with Gasteiger partial charge in [0.2, 0.25) is 0 Å². The highest BCUT2D eigenvalue weighted by molar-refractivity contribution is 7.09. The number of hydrogen-bond acceptors (Lipinski definition) is 3. The smallest absolute Gasteiger partial charge is 0.0720 e. The average molecular weight is 289 g/mol. The molecule has 0 aliphatic heterocycles. The first-order chi connectivity index (χ1) is 9.75. The van der Waals surface area contributed by atoms with E-state index in [-0.39, 0.29) is 0 Å². The van der Waals surface area contributed by atoms with Gasteiger partial charge in [-0.3, -0.25) is 0 Å². The van der Waals surface area contributed by atoms with Gasteiger partial charge in [-0.15, -0.1) is 11.3 Å².